The van der Waals surface area contributed by atoms with E-state index < -0.39 is 34.3 Å². The van der Waals surface area contributed by atoms with Gasteiger partial charge in [0.15, 0.2) is 11.5 Å². The predicted octanol–water partition coefficient (Wildman–Crippen LogP) is 4.12. The Balaban J connectivity index is 1.73. The Morgan fingerprint density at radius 1 is 0.952 bits per heavy atom. The van der Waals surface area contributed by atoms with Gasteiger partial charge in [0.25, 0.3) is 0 Å². The van der Waals surface area contributed by atoms with Crippen molar-refractivity contribution in [2.75, 3.05) is 29.9 Å². The number of nitrogens with one attached hydrogen (secondary N) is 1. The van der Waals surface area contributed by atoms with Crippen molar-refractivity contribution >= 4 is 27.5 Å². The smallest absolute Gasteiger partial charge is 0.244 e. The maximum atomic E-state index is 14.2. The molecule has 11 heteroatoms. The zero-order valence-electron chi connectivity index (χ0n) is 24.0. The van der Waals surface area contributed by atoms with Crippen molar-refractivity contribution in [3.8, 4) is 11.5 Å². The second-order valence-electron chi connectivity index (χ2n) is 10.4. The number of rotatable bonds is 13. The highest BCUT2D eigenvalue weighted by atomic mass is 32.2. The Bertz CT molecular complexity index is 1480. The van der Waals surface area contributed by atoms with E-state index in [4.69, 9.17) is 9.47 Å². The molecule has 0 bridgehead atoms. The topological polar surface area (TPSA) is 105 Å². The molecule has 4 rings (SSSR count). The second-order valence-corrected chi connectivity index (χ2v) is 12.6. The number of ether oxygens (including phenoxy) is 2. The molecule has 42 heavy (non-hydrogen) atoms. The van der Waals surface area contributed by atoms with E-state index in [0.717, 1.165) is 9.87 Å². The number of carbonyl (C=O) groups excluding carboxylic acids is 2. The molecule has 0 saturated carbocycles. The molecule has 1 aliphatic heterocycles. The molecule has 3 aromatic rings. The molecule has 0 aromatic heterocycles. The van der Waals surface area contributed by atoms with Gasteiger partial charge in [-0.1, -0.05) is 56.3 Å². The molecule has 1 heterocycles. The summed E-state index contributed by atoms with van der Waals surface area (Å²) in [6, 6.07) is 18.6. The summed E-state index contributed by atoms with van der Waals surface area (Å²) >= 11 is 0. The third-order valence-corrected chi connectivity index (χ3v) is 8.59. The van der Waals surface area contributed by atoms with Crippen LogP contribution in [0.2, 0.25) is 0 Å². The van der Waals surface area contributed by atoms with Crippen LogP contribution in [0, 0.1) is 11.7 Å². The highest BCUT2D eigenvalue weighted by Gasteiger charge is 2.34. The SMILES string of the molecule is CCS(=O)(=O)N(CC(=O)N(Cc1ccc(F)cc1)C(Cc1ccccc1)C(=O)NCC(C)C)c1ccc2c(c1)OCO2. The number of sulfonamides is 1. The highest BCUT2D eigenvalue weighted by Crippen LogP contribution is 2.36. The minimum absolute atomic E-state index is 0.0103. The molecule has 9 nitrogen and oxygen atoms in total. The van der Waals surface area contributed by atoms with Crippen LogP contribution >= 0.6 is 0 Å². The Kier molecular flexibility index (Phi) is 10.1. The molecule has 224 valence electrons. The van der Waals surface area contributed by atoms with Gasteiger partial charge in [0.05, 0.1) is 11.4 Å². The molecule has 3 aromatic carbocycles. The summed E-state index contributed by atoms with van der Waals surface area (Å²) in [5, 5.41) is 2.93. The Morgan fingerprint density at radius 3 is 2.31 bits per heavy atom. The van der Waals surface area contributed by atoms with E-state index in [2.05, 4.69) is 5.32 Å². The first-order valence-electron chi connectivity index (χ1n) is 13.8. The summed E-state index contributed by atoms with van der Waals surface area (Å²) in [6.07, 6.45) is 0.197. The van der Waals surface area contributed by atoms with Crippen LogP contribution in [0.1, 0.15) is 31.9 Å². The van der Waals surface area contributed by atoms with Crippen molar-refractivity contribution in [2.45, 2.75) is 39.8 Å². The van der Waals surface area contributed by atoms with E-state index in [-0.39, 0.29) is 43.0 Å². The van der Waals surface area contributed by atoms with E-state index in [1.807, 2.05) is 44.2 Å². The summed E-state index contributed by atoms with van der Waals surface area (Å²) in [4.78, 5) is 29.2. The quantitative estimate of drug-likeness (QED) is 0.318. The van der Waals surface area contributed by atoms with Crippen LogP contribution in [0.3, 0.4) is 0 Å². The Labute approximate surface area is 246 Å². The molecule has 1 aliphatic rings. The molecule has 1 N–H and O–H groups in total. The van der Waals surface area contributed by atoms with Gasteiger partial charge in [-0.2, -0.15) is 0 Å². The summed E-state index contributed by atoms with van der Waals surface area (Å²) in [5.41, 5.74) is 1.65. The first-order chi connectivity index (χ1) is 20.1. The van der Waals surface area contributed by atoms with Crippen LogP contribution < -0.4 is 19.1 Å². The number of anilines is 1. The van der Waals surface area contributed by atoms with Crippen LogP contribution in [0.25, 0.3) is 0 Å². The van der Waals surface area contributed by atoms with Gasteiger partial charge in [0.1, 0.15) is 18.4 Å². The van der Waals surface area contributed by atoms with Gasteiger partial charge in [-0.3, -0.25) is 13.9 Å². The monoisotopic (exact) mass is 597 g/mol. The van der Waals surface area contributed by atoms with Gasteiger partial charge in [0, 0.05) is 25.6 Å². The first kappa shape index (κ1) is 30.8. The second kappa shape index (κ2) is 13.7. The maximum absolute atomic E-state index is 14.2. The van der Waals surface area contributed by atoms with Crippen molar-refractivity contribution < 1.29 is 31.9 Å². The van der Waals surface area contributed by atoms with Gasteiger partial charge >= 0.3 is 0 Å². The number of nitrogens with zero attached hydrogens (tertiary/aromatic N) is 2. The number of hydrogen-bond acceptors (Lipinski definition) is 6. The molecule has 2 amide bonds. The number of amides is 2. The molecule has 0 saturated heterocycles. The first-order valence-corrected chi connectivity index (χ1v) is 15.4. The van der Waals surface area contributed by atoms with Gasteiger partial charge in [0.2, 0.25) is 28.6 Å². The number of fused-ring (bicyclic) bond motifs is 1. The van der Waals surface area contributed by atoms with Crippen LogP contribution in [0.15, 0.2) is 72.8 Å². The van der Waals surface area contributed by atoms with E-state index >= 15 is 0 Å². The summed E-state index contributed by atoms with van der Waals surface area (Å²) in [5.74, 6) is -0.629. The average molecular weight is 598 g/mol. The third-order valence-electron chi connectivity index (χ3n) is 6.85. The molecule has 0 spiro atoms. The fourth-order valence-electron chi connectivity index (χ4n) is 4.52. The minimum Gasteiger partial charge on any atom is -0.454 e. The number of benzene rings is 3. The lowest BCUT2D eigenvalue weighted by atomic mass is 10.0. The fraction of sp³-hybridized carbons (Fsp3) is 0.355. The van der Waals surface area contributed by atoms with Gasteiger partial charge in [-0.25, -0.2) is 12.8 Å². The van der Waals surface area contributed by atoms with E-state index in [9.17, 15) is 22.4 Å². The van der Waals surface area contributed by atoms with Crippen LogP contribution in [-0.4, -0.2) is 56.8 Å². The van der Waals surface area contributed by atoms with Crippen LogP contribution in [0.4, 0.5) is 10.1 Å². The lowest BCUT2D eigenvalue weighted by molar-refractivity contribution is -0.140. The van der Waals surface area contributed by atoms with Gasteiger partial charge in [-0.15, -0.1) is 0 Å². The van der Waals surface area contributed by atoms with Gasteiger partial charge < -0.3 is 19.7 Å². The lowest BCUT2D eigenvalue weighted by Gasteiger charge is -2.34. The van der Waals surface area contributed by atoms with Gasteiger partial charge in [-0.05, 0) is 48.2 Å². The van der Waals surface area contributed by atoms with E-state index in [0.29, 0.717) is 23.6 Å². The maximum Gasteiger partial charge on any atom is 0.244 e. The Hall–Kier alpha value is -4.12. The van der Waals surface area contributed by atoms with Crippen molar-refractivity contribution in [1.29, 1.82) is 0 Å². The molecular weight excluding hydrogens is 561 g/mol. The summed E-state index contributed by atoms with van der Waals surface area (Å²) in [7, 11) is -3.92. The van der Waals surface area contributed by atoms with Crippen molar-refractivity contribution in [2.24, 2.45) is 5.92 Å². The molecular formula is C31H36FN3O6S. The molecule has 0 radical (unpaired) electrons. The molecule has 0 fully saturated rings. The Morgan fingerprint density at radius 2 is 1.64 bits per heavy atom. The standard InChI is InChI=1S/C31H36FN3O6S/c1-4-42(38,39)35(26-14-15-28-29(17-26)41-21-40-28)20-30(36)34(19-24-10-12-25(32)13-11-24)27(31(37)33-18-22(2)3)16-23-8-6-5-7-9-23/h5-15,17,22,27H,4,16,18-21H2,1-3H3,(H,33,37). The third kappa shape index (κ3) is 7.79. The zero-order chi connectivity index (χ0) is 30.3. The predicted molar refractivity (Wildman–Crippen MR) is 158 cm³/mol. The normalized spacial score (nSPS) is 13.1. The number of hydrogen-bond donors (Lipinski definition) is 1. The van der Waals surface area contributed by atoms with Crippen molar-refractivity contribution in [3.63, 3.8) is 0 Å². The zero-order valence-corrected chi connectivity index (χ0v) is 24.8. The number of carbonyl (C=O) groups is 2. The number of halogens is 1. The summed E-state index contributed by atoms with van der Waals surface area (Å²) < 4.78 is 52.1. The fourth-order valence-corrected chi connectivity index (χ4v) is 5.58. The van der Waals surface area contributed by atoms with Crippen molar-refractivity contribution in [1.82, 2.24) is 10.2 Å². The van der Waals surface area contributed by atoms with E-state index in [1.165, 1.54) is 30.0 Å². The minimum atomic E-state index is -3.92. The van der Waals surface area contributed by atoms with Crippen molar-refractivity contribution in [3.05, 3.63) is 89.7 Å². The highest BCUT2D eigenvalue weighted by molar-refractivity contribution is 7.92. The largest absolute Gasteiger partial charge is 0.454 e. The molecule has 1 unspecified atom stereocenters. The van der Waals surface area contributed by atoms with E-state index in [1.54, 1.807) is 24.3 Å². The average Bonchev–Trinajstić information content (AvgIpc) is 3.46. The van der Waals surface area contributed by atoms with Crippen LogP contribution in [0.5, 0.6) is 11.5 Å². The summed E-state index contributed by atoms with van der Waals surface area (Å²) in [6.45, 7) is 5.24. The molecule has 0 aliphatic carbocycles. The lowest BCUT2D eigenvalue weighted by Crippen LogP contribution is -2.53. The van der Waals surface area contributed by atoms with Crippen LogP contribution in [-0.2, 0) is 32.6 Å². The molecule has 1 atom stereocenters.